The Morgan fingerprint density at radius 2 is 2.24 bits per heavy atom. The van der Waals surface area contributed by atoms with Crippen molar-refractivity contribution in [1.29, 1.82) is 0 Å². The van der Waals surface area contributed by atoms with E-state index in [1.807, 2.05) is 6.92 Å². The maximum atomic E-state index is 5.74. The molecule has 0 bridgehead atoms. The molecule has 0 atom stereocenters. The van der Waals surface area contributed by atoms with Crippen LogP contribution >= 0.6 is 0 Å². The first-order valence-corrected chi connectivity index (χ1v) is 5.90. The van der Waals surface area contributed by atoms with Crippen LogP contribution in [-0.4, -0.2) is 40.2 Å². The van der Waals surface area contributed by atoms with Crippen LogP contribution < -0.4 is 5.73 Å². The minimum atomic E-state index is 0.0279. The minimum absolute atomic E-state index is 0.0279. The molecule has 2 N–H and O–H groups in total. The van der Waals surface area contributed by atoms with Gasteiger partial charge in [-0.15, -0.1) is 0 Å². The van der Waals surface area contributed by atoms with E-state index in [1.54, 1.807) is 6.07 Å². The molecule has 5 heteroatoms. The van der Waals surface area contributed by atoms with Crippen LogP contribution in [-0.2, 0) is 11.3 Å². The first-order valence-electron chi connectivity index (χ1n) is 5.90. The zero-order valence-electron chi connectivity index (χ0n) is 10.7. The Balaban J connectivity index is 2.14. The highest BCUT2D eigenvalue weighted by Crippen LogP contribution is 2.20. The number of hydrogen-bond acceptors (Lipinski definition) is 5. The summed E-state index contributed by atoms with van der Waals surface area (Å²) in [5.41, 5.74) is 6.68. The smallest absolute Gasteiger partial charge is 0.144 e. The Morgan fingerprint density at radius 3 is 2.88 bits per heavy atom. The maximum Gasteiger partial charge on any atom is 0.144 e. The summed E-state index contributed by atoms with van der Waals surface area (Å²) in [7, 11) is 0. The van der Waals surface area contributed by atoms with Crippen LogP contribution in [0.3, 0.4) is 0 Å². The molecular weight excluding hydrogens is 216 g/mol. The van der Waals surface area contributed by atoms with Crippen molar-refractivity contribution < 1.29 is 4.74 Å². The Morgan fingerprint density at radius 1 is 1.47 bits per heavy atom. The van der Waals surface area contributed by atoms with Crippen molar-refractivity contribution in [2.24, 2.45) is 0 Å². The third kappa shape index (κ3) is 2.92. The Bertz CT molecular complexity index is 385. The number of morpholine rings is 1. The summed E-state index contributed by atoms with van der Waals surface area (Å²) in [5, 5.41) is 0. The largest absolute Gasteiger partial charge is 0.384 e. The van der Waals surface area contributed by atoms with Gasteiger partial charge in [0.1, 0.15) is 11.6 Å². The Kier molecular flexibility index (Phi) is 3.31. The topological polar surface area (TPSA) is 64.3 Å². The number of aromatic nitrogens is 2. The molecule has 2 heterocycles. The second-order valence-electron chi connectivity index (χ2n) is 5.14. The molecule has 1 saturated heterocycles. The molecule has 5 nitrogen and oxygen atoms in total. The number of hydrogen-bond donors (Lipinski definition) is 1. The molecule has 17 heavy (non-hydrogen) atoms. The monoisotopic (exact) mass is 236 g/mol. The molecule has 1 aliphatic heterocycles. The molecule has 0 saturated carbocycles. The molecule has 0 spiro atoms. The lowest BCUT2D eigenvalue weighted by molar-refractivity contribution is -0.0563. The van der Waals surface area contributed by atoms with Gasteiger partial charge in [0.15, 0.2) is 0 Å². The highest BCUT2D eigenvalue weighted by atomic mass is 16.5. The summed E-state index contributed by atoms with van der Waals surface area (Å²) in [6, 6.07) is 1.79. The molecule has 0 unspecified atom stereocenters. The van der Waals surface area contributed by atoms with E-state index in [1.165, 1.54) is 0 Å². The summed E-state index contributed by atoms with van der Waals surface area (Å²) in [5.74, 6) is 1.33. The lowest BCUT2D eigenvalue weighted by Gasteiger charge is -2.41. The fourth-order valence-electron chi connectivity index (χ4n) is 2.08. The number of nitrogens with zero attached hydrogens (tertiary/aromatic N) is 3. The quantitative estimate of drug-likeness (QED) is 0.829. The third-order valence-electron chi connectivity index (χ3n) is 3.07. The number of anilines is 1. The molecule has 0 radical (unpaired) electrons. The Hall–Kier alpha value is -1.20. The van der Waals surface area contributed by atoms with Gasteiger partial charge in [-0.05, 0) is 20.8 Å². The zero-order chi connectivity index (χ0) is 12.5. The van der Waals surface area contributed by atoms with E-state index in [-0.39, 0.29) is 5.54 Å². The number of nitrogen functional groups attached to an aromatic ring is 1. The first kappa shape index (κ1) is 12.3. The summed E-state index contributed by atoms with van der Waals surface area (Å²) in [4.78, 5) is 11.0. The van der Waals surface area contributed by atoms with Crippen molar-refractivity contribution >= 4 is 5.82 Å². The first-order chi connectivity index (χ1) is 7.97. The van der Waals surface area contributed by atoms with Gasteiger partial charge in [-0.2, -0.15) is 0 Å². The van der Waals surface area contributed by atoms with Crippen molar-refractivity contribution in [2.75, 3.05) is 25.5 Å². The molecule has 1 fully saturated rings. The van der Waals surface area contributed by atoms with Gasteiger partial charge >= 0.3 is 0 Å². The van der Waals surface area contributed by atoms with E-state index < -0.39 is 0 Å². The van der Waals surface area contributed by atoms with E-state index in [0.29, 0.717) is 5.82 Å². The van der Waals surface area contributed by atoms with Crippen molar-refractivity contribution in [2.45, 2.75) is 32.9 Å². The molecule has 0 amide bonds. The Labute approximate surface area is 102 Å². The zero-order valence-corrected chi connectivity index (χ0v) is 10.7. The van der Waals surface area contributed by atoms with Crippen molar-refractivity contribution in [3.05, 3.63) is 17.6 Å². The average molecular weight is 236 g/mol. The second-order valence-corrected chi connectivity index (χ2v) is 5.14. The molecule has 2 rings (SSSR count). The molecule has 1 aliphatic rings. The van der Waals surface area contributed by atoms with Crippen LogP contribution in [0.2, 0.25) is 0 Å². The van der Waals surface area contributed by atoms with Crippen LogP contribution in [0.15, 0.2) is 6.07 Å². The molecule has 1 aromatic heterocycles. The molecule has 0 aliphatic carbocycles. The predicted octanol–water partition coefficient (Wildman–Crippen LogP) is 0.978. The lowest BCUT2D eigenvalue weighted by Crippen LogP contribution is -2.52. The van der Waals surface area contributed by atoms with Crippen LogP contribution in [0.1, 0.15) is 25.4 Å². The van der Waals surface area contributed by atoms with Crippen LogP contribution in [0, 0.1) is 6.92 Å². The molecule has 1 aromatic rings. The summed E-state index contributed by atoms with van der Waals surface area (Å²) in [6.45, 7) is 9.42. The van der Waals surface area contributed by atoms with Crippen molar-refractivity contribution in [3.8, 4) is 0 Å². The second kappa shape index (κ2) is 4.58. The minimum Gasteiger partial charge on any atom is -0.384 e. The SMILES string of the molecule is Cc1cc(N)nc(CN2CCOCC2(C)C)n1. The fourth-order valence-corrected chi connectivity index (χ4v) is 2.08. The third-order valence-corrected chi connectivity index (χ3v) is 3.07. The number of aryl methyl sites for hydroxylation is 1. The summed E-state index contributed by atoms with van der Waals surface area (Å²) < 4.78 is 5.49. The van der Waals surface area contributed by atoms with E-state index in [2.05, 4.69) is 28.7 Å². The average Bonchev–Trinajstić information content (AvgIpc) is 2.19. The van der Waals surface area contributed by atoms with Gasteiger partial charge in [-0.3, -0.25) is 4.90 Å². The lowest BCUT2D eigenvalue weighted by atomic mass is 10.0. The van der Waals surface area contributed by atoms with Crippen molar-refractivity contribution in [1.82, 2.24) is 14.9 Å². The highest BCUT2D eigenvalue weighted by molar-refractivity contribution is 5.29. The summed E-state index contributed by atoms with van der Waals surface area (Å²) in [6.07, 6.45) is 0. The van der Waals surface area contributed by atoms with E-state index >= 15 is 0 Å². The van der Waals surface area contributed by atoms with Crippen LogP contribution in [0.25, 0.3) is 0 Å². The van der Waals surface area contributed by atoms with Gasteiger partial charge in [0.25, 0.3) is 0 Å². The number of rotatable bonds is 2. The number of nitrogens with two attached hydrogens (primary N) is 1. The van der Waals surface area contributed by atoms with Crippen LogP contribution in [0.5, 0.6) is 0 Å². The standard InChI is InChI=1S/C12H20N4O/c1-9-6-10(13)15-11(14-9)7-16-4-5-17-8-12(16,2)3/h6H,4-5,7-8H2,1-3H3,(H2,13,14,15). The molecule has 94 valence electrons. The highest BCUT2D eigenvalue weighted by Gasteiger charge is 2.30. The fraction of sp³-hybridized carbons (Fsp3) is 0.667. The van der Waals surface area contributed by atoms with Gasteiger partial charge < -0.3 is 10.5 Å². The predicted molar refractivity (Wildman–Crippen MR) is 66.5 cm³/mol. The summed E-state index contributed by atoms with van der Waals surface area (Å²) >= 11 is 0. The number of ether oxygens (including phenoxy) is 1. The van der Waals surface area contributed by atoms with Gasteiger partial charge in [0.05, 0.1) is 19.8 Å². The molecular formula is C12H20N4O. The van der Waals surface area contributed by atoms with E-state index in [0.717, 1.165) is 37.8 Å². The van der Waals surface area contributed by atoms with Crippen molar-refractivity contribution in [3.63, 3.8) is 0 Å². The molecule has 0 aromatic carbocycles. The normalized spacial score (nSPS) is 20.4. The van der Waals surface area contributed by atoms with Gasteiger partial charge in [0, 0.05) is 23.8 Å². The maximum absolute atomic E-state index is 5.74. The van der Waals surface area contributed by atoms with E-state index in [9.17, 15) is 0 Å². The van der Waals surface area contributed by atoms with E-state index in [4.69, 9.17) is 10.5 Å². The van der Waals surface area contributed by atoms with Crippen LogP contribution in [0.4, 0.5) is 5.82 Å². The van der Waals surface area contributed by atoms with Gasteiger partial charge in [0.2, 0.25) is 0 Å². The van der Waals surface area contributed by atoms with Gasteiger partial charge in [-0.1, -0.05) is 0 Å². The van der Waals surface area contributed by atoms with Gasteiger partial charge in [-0.25, -0.2) is 9.97 Å².